The molecule has 0 spiro atoms. The Kier molecular flexibility index (Phi) is 5.74. The van der Waals surface area contributed by atoms with Crippen molar-refractivity contribution in [3.8, 4) is 0 Å². The van der Waals surface area contributed by atoms with Crippen LogP contribution in [-0.2, 0) is 11.2 Å². The van der Waals surface area contributed by atoms with Crippen LogP contribution in [0.1, 0.15) is 54.4 Å². The number of ketones is 1. The highest BCUT2D eigenvalue weighted by atomic mass is 16.1. The van der Waals surface area contributed by atoms with Crippen LogP contribution in [0, 0.1) is 5.92 Å². The predicted octanol–water partition coefficient (Wildman–Crippen LogP) is 2.80. The Morgan fingerprint density at radius 2 is 2.07 bits per heavy atom. The zero-order valence-electron chi connectivity index (χ0n) is 16.8. The summed E-state index contributed by atoms with van der Waals surface area (Å²) in [4.78, 5) is 31.0. The van der Waals surface area contributed by atoms with Gasteiger partial charge in [0.2, 0.25) is 6.41 Å². The highest BCUT2D eigenvalue weighted by Gasteiger charge is 2.26. The van der Waals surface area contributed by atoms with Gasteiger partial charge in [-0.05, 0) is 43.4 Å². The second-order valence-corrected chi connectivity index (χ2v) is 7.75. The Morgan fingerprint density at radius 3 is 2.83 bits per heavy atom. The number of aromatic nitrogens is 2. The van der Waals surface area contributed by atoms with Gasteiger partial charge in [0, 0.05) is 49.2 Å². The number of carbonyl (C=O) groups is 2. The van der Waals surface area contributed by atoms with E-state index in [1.807, 2.05) is 18.2 Å². The number of hydrogen-bond donors (Lipinski definition) is 1. The Labute approximate surface area is 170 Å². The average molecular weight is 393 g/mol. The zero-order chi connectivity index (χ0) is 20.2. The number of nitrogens with zero attached hydrogens (tertiary/aromatic N) is 4. The molecule has 0 amide bonds. The van der Waals surface area contributed by atoms with Crippen molar-refractivity contribution in [2.45, 2.75) is 44.9 Å². The number of aryl methyl sites for hydroxylation is 1. The number of fused-ring (bicyclic) bond motifs is 1. The molecule has 1 fully saturated rings. The molecule has 1 aliphatic heterocycles. The molecule has 3 heterocycles. The Hall–Kier alpha value is -2.96. The SMILES string of the molecule is CN/N=c1/cc(N2CCCc3cc(C(=O)C4CCCCC4)cnc32)ccn1C=O. The van der Waals surface area contributed by atoms with Crippen molar-refractivity contribution in [1.82, 2.24) is 15.0 Å². The first-order valence-corrected chi connectivity index (χ1v) is 10.4. The first-order chi connectivity index (χ1) is 14.2. The number of pyridine rings is 2. The van der Waals surface area contributed by atoms with Crippen LogP contribution in [0.3, 0.4) is 0 Å². The van der Waals surface area contributed by atoms with E-state index < -0.39 is 0 Å². The smallest absolute Gasteiger partial charge is 0.219 e. The second kappa shape index (κ2) is 8.59. The quantitative estimate of drug-likeness (QED) is 0.480. The summed E-state index contributed by atoms with van der Waals surface area (Å²) >= 11 is 0. The third-order valence-electron chi connectivity index (χ3n) is 5.89. The largest absolute Gasteiger partial charge is 0.326 e. The molecule has 0 atom stereocenters. The van der Waals surface area contributed by atoms with Crippen molar-refractivity contribution >= 4 is 23.7 Å². The molecular weight excluding hydrogens is 366 g/mol. The van der Waals surface area contributed by atoms with E-state index in [0.29, 0.717) is 5.49 Å². The van der Waals surface area contributed by atoms with Crippen LogP contribution in [0.25, 0.3) is 0 Å². The molecule has 2 aromatic rings. The van der Waals surface area contributed by atoms with Crippen LogP contribution in [0.2, 0.25) is 0 Å². The number of rotatable bonds is 5. The molecule has 0 unspecified atom stereocenters. The van der Waals surface area contributed by atoms with Gasteiger partial charge in [0.05, 0.1) is 0 Å². The van der Waals surface area contributed by atoms with E-state index in [-0.39, 0.29) is 11.7 Å². The number of nitrogens with one attached hydrogen (secondary N) is 1. The molecule has 0 aromatic carbocycles. The van der Waals surface area contributed by atoms with Crippen molar-refractivity contribution in [1.29, 1.82) is 0 Å². The van der Waals surface area contributed by atoms with Crippen LogP contribution in [0.15, 0.2) is 35.7 Å². The maximum absolute atomic E-state index is 12.9. The molecule has 0 bridgehead atoms. The van der Waals surface area contributed by atoms with E-state index in [1.54, 1.807) is 19.4 Å². The summed E-state index contributed by atoms with van der Waals surface area (Å²) in [5.41, 5.74) is 6.04. The minimum Gasteiger partial charge on any atom is -0.326 e. The molecule has 29 heavy (non-hydrogen) atoms. The summed E-state index contributed by atoms with van der Waals surface area (Å²) in [6.45, 7) is 0.833. The van der Waals surface area contributed by atoms with Crippen molar-refractivity contribution in [3.63, 3.8) is 0 Å². The highest BCUT2D eigenvalue weighted by molar-refractivity contribution is 5.98. The summed E-state index contributed by atoms with van der Waals surface area (Å²) in [6, 6.07) is 5.79. The topological polar surface area (TPSA) is 79.6 Å². The maximum Gasteiger partial charge on any atom is 0.219 e. The third-order valence-corrected chi connectivity index (χ3v) is 5.89. The van der Waals surface area contributed by atoms with Crippen LogP contribution in [-0.4, -0.2) is 35.3 Å². The van der Waals surface area contributed by atoms with Crippen LogP contribution in [0.4, 0.5) is 11.5 Å². The van der Waals surface area contributed by atoms with E-state index in [1.165, 1.54) is 11.0 Å². The predicted molar refractivity (Wildman–Crippen MR) is 112 cm³/mol. The summed E-state index contributed by atoms with van der Waals surface area (Å²) in [7, 11) is 1.70. The van der Waals surface area contributed by atoms with E-state index in [4.69, 9.17) is 4.98 Å². The number of anilines is 2. The molecule has 2 aromatic heterocycles. The van der Waals surface area contributed by atoms with Crippen molar-refractivity contribution in [3.05, 3.63) is 47.2 Å². The molecule has 4 rings (SSSR count). The van der Waals surface area contributed by atoms with Gasteiger partial charge in [0.15, 0.2) is 11.3 Å². The van der Waals surface area contributed by atoms with Crippen molar-refractivity contribution in [2.24, 2.45) is 11.0 Å². The third kappa shape index (κ3) is 3.95. The molecular formula is C22H27N5O2. The number of carbonyl (C=O) groups excluding carboxylic acids is 2. The average Bonchev–Trinajstić information content (AvgIpc) is 2.78. The van der Waals surface area contributed by atoms with Gasteiger partial charge < -0.3 is 10.3 Å². The van der Waals surface area contributed by atoms with Gasteiger partial charge in [0.1, 0.15) is 5.82 Å². The van der Waals surface area contributed by atoms with Crippen LogP contribution >= 0.6 is 0 Å². The fraction of sp³-hybridized carbons (Fsp3) is 0.455. The van der Waals surface area contributed by atoms with Gasteiger partial charge in [-0.2, -0.15) is 5.10 Å². The molecule has 7 nitrogen and oxygen atoms in total. The van der Waals surface area contributed by atoms with Gasteiger partial charge in [-0.15, -0.1) is 0 Å². The normalized spacial score (nSPS) is 17.7. The first kappa shape index (κ1) is 19.4. The molecule has 7 heteroatoms. The molecule has 1 saturated carbocycles. The summed E-state index contributed by atoms with van der Waals surface area (Å²) in [6.07, 6.45) is 11.6. The Balaban J connectivity index is 1.65. The summed E-state index contributed by atoms with van der Waals surface area (Å²) < 4.78 is 1.42. The monoisotopic (exact) mass is 393 g/mol. The fourth-order valence-electron chi connectivity index (χ4n) is 4.40. The Morgan fingerprint density at radius 1 is 1.24 bits per heavy atom. The number of hydrogen-bond acceptors (Lipinski definition) is 6. The summed E-state index contributed by atoms with van der Waals surface area (Å²) in [5, 5.41) is 4.17. The van der Waals surface area contributed by atoms with Crippen LogP contribution in [0.5, 0.6) is 0 Å². The summed E-state index contributed by atoms with van der Waals surface area (Å²) in [5.74, 6) is 1.29. The fourth-order valence-corrected chi connectivity index (χ4v) is 4.40. The Bertz CT molecular complexity index is 975. The standard InChI is InChI=1S/C22H27N5O2/c1-23-25-20-13-19(9-11-26(20)15-28)27-10-5-8-17-12-18(14-24-22(17)27)21(29)16-6-3-2-4-7-16/h9,11-16,23H,2-8,10H2,1H3/b25-20-. The maximum atomic E-state index is 12.9. The lowest BCUT2D eigenvalue weighted by molar-refractivity contribution is 0.0889. The van der Waals surface area contributed by atoms with Gasteiger partial charge in [0.25, 0.3) is 0 Å². The van der Waals surface area contributed by atoms with Crippen molar-refractivity contribution in [2.75, 3.05) is 18.5 Å². The number of Topliss-reactive ketones (excluding diaryl/α,β-unsaturated/α-hetero) is 1. The van der Waals surface area contributed by atoms with Gasteiger partial charge >= 0.3 is 0 Å². The van der Waals surface area contributed by atoms with Crippen LogP contribution < -0.4 is 15.8 Å². The molecule has 1 aliphatic carbocycles. The lowest BCUT2D eigenvalue weighted by atomic mass is 9.84. The van der Waals surface area contributed by atoms with Gasteiger partial charge in [-0.25, -0.2) is 4.98 Å². The lowest BCUT2D eigenvalue weighted by Gasteiger charge is -2.30. The molecule has 1 N–H and O–H groups in total. The molecule has 2 aliphatic rings. The van der Waals surface area contributed by atoms with E-state index in [2.05, 4.69) is 15.4 Å². The van der Waals surface area contributed by atoms with Gasteiger partial charge in [-0.3, -0.25) is 14.2 Å². The van der Waals surface area contributed by atoms with E-state index >= 15 is 0 Å². The minimum atomic E-state index is 0.155. The lowest BCUT2D eigenvalue weighted by Crippen LogP contribution is -2.29. The molecule has 0 saturated heterocycles. The minimum absolute atomic E-state index is 0.155. The van der Waals surface area contributed by atoms with E-state index in [9.17, 15) is 9.59 Å². The van der Waals surface area contributed by atoms with Crippen molar-refractivity contribution < 1.29 is 9.59 Å². The second-order valence-electron chi connectivity index (χ2n) is 7.75. The van der Waals surface area contributed by atoms with Gasteiger partial charge in [-0.1, -0.05) is 19.3 Å². The first-order valence-electron chi connectivity index (χ1n) is 10.4. The van der Waals surface area contributed by atoms with E-state index in [0.717, 1.165) is 74.1 Å². The molecule has 152 valence electrons. The highest BCUT2D eigenvalue weighted by Crippen LogP contribution is 2.33. The molecule has 0 radical (unpaired) electrons. The zero-order valence-corrected chi connectivity index (χ0v) is 16.8.